The number of hydrogen-bond acceptors (Lipinski definition) is 5. The van der Waals surface area contributed by atoms with Gasteiger partial charge in [-0.05, 0) is 26.0 Å². The van der Waals surface area contributed by atoms with Gasteiger partial charge in [-0.3, -0.25) is 4.79 Å². The van der Waals surface area contributed by atoms with E-state index in [-0.39, 0.29) is 12.5 Å². The van der Waals surface area contributed by atoms with E-state index in [1.54, 1.807) is 32.3 Å². The molecule has 2 aromatic rings. The van der Waals surface area contributed by atoms with Gasteiger partial charge in [0.15, 0.2) is 18.1 Å². The Hall–Kier alpha value is -2.50. The topological polar surface area (TPSA) is 64.8 Å². The fourth-order valence-corrected chi connectivity index (χ4v) is 1.97. The van der Waals surface area contributed by atoms with Gasteiger partial charge in [-0.1, -0.05) is 6.07 Å². The molecule has 118 valence electrons. The van der Waals surface area contributed by atoms with Gasteiger partial charge in [-0.25, -0.2) is 4.98 Å². The Balaban J connectivity index is 2.29. The number of aryl methyl sites for hydroxylation is 2. The van der Waals surface area contributed by atoms with Crippen molar-refractivity contribution in [1.82, 2.24) is 9.88 Å². The Morgan fingerprint density at radius 1 is 1.32 bits per heavy atom. The third-order valence-corrected chi connectivity index (χ3v) is 3.25. The molecule has 0 aliphatic carbocycles. The molecule has 0 unspecified atom stereocenters. The summed E-state index contributed by atoms with van der Waals surface area (Å²) in [5, 5.41) is 0. The lowest BCUT2D eigenvalue weighted by molar-refractivity contribution is 0.0821. The van der Waals surface area contributed by atoms with Gasteiger partial charge >= 0.3 is 0 Å². The SMILES string of the molecule is COc1cccc(C(=O)N(C)C)c1OCc1nc(C)c(C)o1. The maximum Gasteiger partial charge on any atom is 0.257 e. The van der Waals surface area contributed by atoms with Crippen LogP contribution in [0, 0.1) is 13.8 Å². The van der Waals surface area contributed by atoms with Crippen molar-refractivity contribution in [2.75, 3.05) is 21.2 Å². The molecule has 1 amide bonds. The average molecular weight is 304 g/mol. The summed E-state index contributed by atoms with van der Waals surface area (Å²) < 4.78 is 16.5. The number of carbonyl (C=O) groups excluding carboxylic acids is 1. The first-order valence-electron chi connectivity index (χ1n) is 6.88. The van der Waals surface area contributed by atoms with Gasteiger partial charge < -0.3 is 18.8 Å². The lowest BCUT2D eigenvalue weighted by Crippen LogP contribution is -2.22. The molecule has 22 heavy (non-hydrogen) atoms. The molecular weight excluding hydrogens is 284 g/mol. The maximum atomic E-state index is 12.3. The number of ether oxygens (including phenoxy) is 2. The largest absolute Gasteiger partial charge is 0.493 e. The summed E-state index contributed by atoms with van der Waals surface area (Å²) in [5.41, 5.74) is 1.26. The molecule has 0 bridgehead atoms. The van der Waals surface area contributed by atoms with Gasteiger partial charge in [0.25, 0.3) is 5.91 Å². The first kappa shape index (κ1) is 15.9. The van der Waals surface area contributed by atoms with Crippen LogP contribution in [0.5, 0.6) is 11.5 Å². The molecule has 0 saturated heterocycles. The van der Waals surface area contributed by atoms with E-state index in [0.29, 0.717) is 23.0 Å². The second-order valence-electron chi connectivity index (χ2n) is 5.07. The monoisotopic (exact) mass is 304 g/mol. The van der Waals surface area contributed by atoms with E-state index in [1.165, 1.54) is 12.0 Å². The minimum Gasteiger partial charge on any atom is -0.493 e. The van der Waals surface area contributed by atoms with Crippen LogP contribution in [0.15, 0.2) is 22.6 Å². The van der Waals surface area contributed by atoms with E-state index < -0.39 is 0 Å². The second kappa shape index (κ2) is 6.51. The summed E-state index contributed by atoms with van der Waals surface area (Å²) >= 11 is 0. The summed E-state index contributed by atoms with van der Waals surface area (Å²) in [4.78, 5) is 18.0. The van der Waals surface area contributed by atoms with E-state index in [1.807, 2.05) is 13.8 Å². The summed E-state index contributed by atoms with van der Waals surface area (Å²) in [7, 11) is 4.91. The van der Waals surface area contributed by atoms with E-state index >= 15 is 0 Å². The lowest BCUT2D eigenvalue weighted by atomic mass is 10.1. The first-order chi connectivity index (χ1) is 10.4. The number of benzene rings is 1. The van der Waals surface area contributed by atoms with Gasteiger partial charge in [0.2, 0.25) is 5.89 Å². The average Bonchev–Trinajstić information content (AvgIpc) is 2.82. The van der Waals surface area contributed by atoms with Crippen molar-refractivity contribution in [3.8, 4) is 11.5 Å². The van der Waals surface area contributed by atoms with Crippen molar-refractivity contribution in [1.29, 1.82) is 0 Å². The summed E-state index contributed by atoms with van der Waals surface area (Å²) in [6, 6.07) is 5.20. The minimum atomic E-state index is -0.159. The fraction of sp³-hybridized carbons (Fsp3) is 0.375. The number of amides is 1. The number of carbonyl (C=O) groups is 1. The molecule has 1 heterocycles. The highest BCUT2D eigenvalue weighted by Crippen LogP contribution is 2.32. The van der Waals surface area contributed by atoms with Crippen molar-refractivity contribution in [3.63, 3.8) is 0 Å². The minimum absolute atomic E-state index is 0.128. The number of rotatable bonds is 5. The smallest absolute Gasteiger partial charge is 0.257 e. The third-order valence-electron chi connectivity index (χ3n) is 3.25. The molecule has 0 atom stereocenters. The fourth-order valence-electron chi connectivity index (χ4n) is 1.97. The zero-order chi connectivity index (χ0) is 16.3. The van der Waals surface area contributed by atoms with Gasteiger partial charge in [0, 0.05) is 14.1 Å². The quantitative estimate of drug-likeness (QED) is 0.849. The number of oxazole rings is 1. The molecule has 1 aromatic heterocycles. The summed E-state index contributed by atoms with van der Waals surface area (Å²) in [6.07, 6.45) is 0. The maximum absolute atomic E-state index is 12.3. The molecule has 6 heteroatoms. The predicted octanol–water partition coefficient (Wildman–Crippen LogP) is 2.58. The van der Waals surface area contributed by atoms with Crippen LogP contribution in [0.1, 0.15) is 27.7 Å². The predicted molar refractivity (Wildman–Crippen MR) is 81.3 cm³/mol. The van der Waals surface area contributed by atoms with Gasteiger partial charge in [-0.15, -0.1) is 0 Å². The number of methoxy groups -OCH3 is 1. The van der Waals surface area contributed by atoms with Gasteiger partial charge in [0.05, 0.1) is 18.4 Å². The molecule has 0 aliphatic heterocycles. The molecule has 0 saturated carbocycles. The normalized spacial score (nSPS) is 10.4. The Bertz CT molecular complexity index is 657. The summed E-state index contributed by atoms with van der Waals surface area (Å²) in [6.45, 7) is 3.84. The molecule has 2 rings (SSSR count). The van der Waals surface area contributed by atoms with Crippen LogP contribution in [-0.2, 0) is 6.61 Å². The van der Waals surface area contributed by atoms with Crippen molar-refractivity contribution < 1.29 is 18.7 Å². The second-order valence-corrected chi connectivity index (χ2v) is 5.07. The Morgan fingerprint density at radius 3 is 2.59 bits per heavy atom. The lowest BCUT2D eigenvalue weighted by Gasteiger charge is -2.16. The number of para-hydroxylation sites is 1. The van der Waals surface area contributed by atoms with Crippen LogP contribution in [0.25, 0.3) is 0 Å². The zero-order valence-corrected chi connectivity index (χ0v) is 13.5. The van der Waals surface area contributed by atoms with Crippen molar-refractivity contribution in [2.45, 2.75) is 20.5 Å². The summed E-state index contributed by atoms with van der Waals surface area (Å²) in [5.74, 6) is 1.94. The standard InChI is InChI=1S/C16H20N2O4/c1-10-11(2)22-14(17-10)9-21-15-12(16(19)18(3)4)7-6-8-13(15)20-5/h6-8H,9H2,1-5H3. The number of hydrogen-bond donors (Lipinski definition) is 0. The van der Waals surface area contributed by atoms with Crippen LogP contribution < -0.4 is 9.47 Å². The van der Waals surface area contributed by atoms with Crippen LogP contribution in [0.4, 0.5) is 0 Å². The van der Waals surface area contributed by atoms with E-state index in [9.17, 15) is 4.79 Å². The number of aromatic nitrogens is 1. The van der Waals surface area contributed by atoms with Crippen molar-refractivity contribution in [2.24, 2.45) is 0 Å². The van der Waals surface area contributed by atoms with Crippen LogP contribution in [0.3, 0.4) is 0 Å². The van der Waals surface area contributed by atoms with Crippen LogP contribution >= 0.6 is 0 Å². The molecule has 0 aliphatic rings. The number of nitrogens with zero attached hydrogens (tertiary/aromatic N) is 2. The Morgan fingerprint density at radius 2 is 2.05 bits per heavy atom. The van der Waals surface area contributed by atoms with Crippen molar-refractivity contribution in [3.05, 3.63) is 41.1 Å². The molecule has 1 aromatic carbocycles. The van der Waals surface area contributed by atoms with Gasteiger partial charge in [-0.2, -0.15) is 0 Å². The van der Waals surface area contributed by atoms with Gasteiger partial charge in [0.1, 0.15) is 5.76 Å². The highest BCUT2D eigenvalue weighted by Gasteiger charge is 2.19. The highest BCUT2D eigenvalue weighted by atomic mass is 16.5. The third kappa shape index (κ3) is 3.21. The van der Waals surface area contributed by atoms with Crippen LogP contribution in [0.2, 0.25) is 0 Å². The zero-order valence-electron chi connectivity index (χ0n) is 13.5. The Labute approximate surface area is 129 Å². The molecule has 0 radical (unpaired) electrons. The van der Waals surface area contributed by atoms with Crippen molar-refractivity contribution >= 4 is 5.91 Å². The molecule has 0 fully saturated rings. The van der Waals surface area contributed by atoms with Crippen LogP contribution in [-0.4, -0.2) is 37.0 Å². The Kier molecular flexibility index (Phi) is 4.70. The molecule has 6 nitrogen and oxygen atoms in total. The molecule has 0 spiro atoms. The molecule has 0 N–H and O–H groups in total. The molecular formula is C16H20N2O4. The van der Waals surface area contributed by atoms with E-state index in [0.717, 1.165) is 11.5 Å². The highest BCUT2D eigenvalue weighted by molar-refractivity contribution is 5.97. The van der Waals surface area contributed by atoms with E-state index in [4.69, 9.17) is 13.9 Å². The van der Waals surface area contributed by atoms with E-state index in [2.05, 4.69) is 4.98 Å². The first-order valence-corrected chi connectivity index (χ1v) is 6.88.